The monoisotopic (exact) mass is 314 g/mol. The van der Waals surface area contributed by atoms with Crippen molar-refractivity contribution in [2.45, 2.75) is 19.9 Å². The molecule has 1 N–H and O–H groups in total. The van der Waals surface area contributed by atoms with Gasteiger partial charge in [0, 0.05) is 29.2 Å². The van der Waals surface area contributed by atoms with Crippen LogP contribution in [0, 0.1) is 6.92 Å². The van der Waals surface area contributed by atoms with Gasteiger partial charge in [0.15, 0.2) is 5.65 Å². The van der Waals surface area contributed by atoms with Gasteiger partial charge < -0.3 is 4.90 Å². The molecule has 0 aromatic carbocycles. The van der Waals surface area contributed by atoms with Crippen molar-refractivity contribution in [3.63, 3.8) is 0 Å². The second-order valence-electron chi connectivity index (χ2n) is 5.39. The minimum Gasteiger partial charge on any atom is -0.332 e. The largest absolute Gasteiger partial charge is 0.332 e. The molecule has 0 atom stereocenters. The van der Waals surface area contributed by atoms with E-state index in [4.69, 9.17) is 0 Å². The van der Waals surface area contributed by atoms with Crippen molar-refractivity contribution in [2.75, 3.05) is 6.54 Å². The van der Waals surface area contributed by atoms with E-state index in [9.17, 15) is 9.59 Å². The molecule has 6 nitrogen and oxygen atoms in total. The van der Waals surface area contributed by atoms with Gasteiger partial charge in [-0.15, -0.1) is 11.3 Å². The first-order valence-electron chi connectivity index (χ1n) is 7.07. The van der Waals surface area contributed by atoms with Crippen LogP contribution in [0.25, 0.3) is 5.65 Å². The minimum absolute atomic E-state index is 0.0137. The van der Waals surface area contributed by atoms with E-state index in [0.717, 1.165) is 9.75 Å². The van der Waals surface area contributed by atoms with E-state index in [1.165, 1.54) is 15.9 Å². The summed E-state index contributed by atoms with van der Waals surface area (Å²) in [5.41, 5.74) is 1.93. The van der Waals surface area contributed by atoms with Gasteiger partial charge in [-0.05, 0) is 25.5 Å². The number of rotatable bonds is 1. The maximum Gasteiger partial charge on any atom is 0.276 e. The van der Waals surface area contributed by atoms with E-state index in [0.29, 0.717) is 36.4 Å². The predicted molar refractivity (Wildman–Crippen MR) is 83.3 cm³/mol. The number of nitrogens with zero attached hydrogens (tertiary/aromatic N) is 3. The smallest absolute Gasteiger partial charge is 0.276 e. The van der Waals surface area contributed by atoms with Crippen molar-refractivity contribution in [1.82, 2.24) is 19.5 Å². The SMILES string of the molecule is Cc1ccc(C(=O)N2CCc3c(nc4cc[nH]n4c3=O)C2)s1. The van der Waals surface area contributed by atoms with Gasteiger partial charge in [-0.25, -0.2) is 9.50 Å². The molecule has 0 radical (unpaired) electrons. The number of amides is 1. The van der Waals surface area contributed by atoms with Crippen LogP contribution in [0.4, 0.5) is 0 Å². The molecule has 0 saturated heterocycles. The Labute approximate surface area is 130 Å². The summed E-state index contributed by atoms with van der Waals surface area (Å²) >= 11 is 1.50. The van der Waals surface area contributed by atoms with Crippen LogP contribution in [0.1, 0.15) is 25.8 Å². The number of hydrogen-bond donors (Lipinski definition) is 1. The van der Waals surface area contributed by atoms with Crippen molar-refractivity contribution in [1.29, 1.82) is 0 Å². The van der Waals surface area contributed by atoms with Gasteiger partial charge in [0.2, 0.25) is 0 Å². The van der Waals surface area contributed by atoms with Crippen molar-refractivity contribution in [3.05, 3.63) is 55.8 Å². The average molecular weight is 314 g/mol. The lowest BCUT2D eigenvalue weighted by molar-refractivity contribution is 0.0736. The summed E-state index contributed by atoms with van der Waals surface area (Å²) in [6.45, 7) is 2.92. The molecule has 112 valence electrons. The summed E-state index contributed by atoms with van der Waals surface area (Å²) in [4.78, 5) is 33.0. The van der Waals surface area contributed by atoms with Crippen LogP contribution in [-0.2, 0) is 13.0 Å². The Morgan fingerprint density at radius 2 is 2.23 bits per heavy atom. The first-order valence-corrected chi connectivity index (χ1v) is 7.89. The van der Waals surface area contributed by atoms with Crippen LogP contribution in [0.5, 0.6) is 0 Å². The van der Waals surface area contributed by atoms with E-state index in [1.54, 1.807) is 17.2 Å². The highest BCUT2D eigenvalue weighted by Gasteiger charge is 2.26. The normalized spacial score (nSPS) is 14.3. The molecule has 1 aliphatic heterocycles. The lowest BCUT2D eigenvalue weighted by atomic mass is 10.1. The van der Waals surface area contributed by atoms with Crippen LogP contribution in [0.3, 0.4) is 0 Å². The standard InChI is InChI=1S/C15H14N4O2S/c1-9-2-3-12(22-9)15(21)18-7-5-10-11(8-18)17-13-4-6-16-19(13)14(10)20/h2-4,6,16H,5,7-8H2,1H3. The predicted octanol–water partition coefficient (Wildman–Crippen LogP) is 1.59. The third kappa shape index (κ3) is 1.97. The molecule has 0 unspecified atom stereocenters. The van der Waals surface area contributed by atoms with E-state index in [2.05, 4.69) is 10.1 Å². The Morgan fingerprint density at radius 1 is 1.36 bits per heavy atom. The molecule has 4 rings (SSSR count). The van der Waals surface area contributed by atoms with E-state index < -0.39 is 0 Å². The van der Waals surface area contributed by atoms with Gasteiger partial charge in [0.05, 0.1) is 17.1 Å². The maximum atomic E-state index is 12.5. The summed E-state index contributed by atoms with van der Waals surface area (Å²) in [7, 11) is 0. The topological polar surface area (TPSA) is 70.5 Å². The molecule has 1 amide bonds. The van der Waals surface area contributed by atoms with Gasteiger partial charge >= 0.3 is 0 Å². The zero-order chi connectivity index (χ0) is 15.3. The number of H-pyrrole nitrogens is 1. The molecule has 0 fully saturated rings. The molecule has 0 aliphatic carbocycles. The van der Waals surface area contributed by atoms with Crippen LogP contribution < -0.4 is 5.56 Å². The first kappa shape index (κ1) is 13.3. The van der Waals surface area contributed by atoms with Crippen LogP contribution in [0.2, 0.25) is 0 Å². The van der Waals surface area contributed by atoms with Gasteiger partial charge in [0.25, 0.3) is 11.5 Å². The molecule has 3 aromatic heterocycles. The summed E-state index contributed by atoms with van der Waals surface area (Å²) in [6.07, 6.45) is 2.23. The first-order chi connectivity index (χ1) is 10.6. The van der Waals surface area contributed by atoms with Gasteiger partial charge in [-0.3, -0.25) is 14.7 Å². The van der Waals surface area contributed by atoms with Gasteiger partial charge in [0.1, 0.15) is 0 Å². The van der Waals surface area contributed by atoms with Crippen LogP contribution >= 0.6 is 11.3 Å². The number of fused-ring (bicyclic) bond motifs is 2. The van der Waals surface area contributed by atoms with Crippen molar-refractivity contribution < 1.29 is 4.79 Å². The summed E-state index contributed by atoms with van der Waals surface area (Å²) in [6, 6.07) is 5.56. The highest BCUT2D eigenvalue weighted by atomic mass is 32.1. The molecule has 4 heterocycles. The lowest BCUT2D eigenvalue weighted by Gasteiger charge is -2.27. The third-order valence-corrected chi connectivity index (χ3v) is 4.92. The van der Waals surface area contributed by atoms with E-state index in [-0.39, 0.29) is 11.5 Å². The molecule has 1 aliphatic rings. The van der Waals surface area contributed by atoms with Crippen molar-refractivity contribution >= 4 is 22.9 Å². The number of carbonyl (C=O) groups excluding carboxylic acids is 1. The third-order valence-electron chi connectivity index (χ3n) is 3.93. The summed E-state index contributed by atoms with van der Waals surface area (Å²) in [5.74, 6) is 0.0137. The average Bonchev–Trinajstić information content (AvgIpc) is 3.15. The minimum atomic E-state index is -0.0657. The fourth-order valence-corrected chi connectivity index (χ4v) is 3.64. The molecular formula is C15H14N4O2S. The molecular weight excluding hydrogens is 300 g/mol. The molecule has 0 spiro atoms. The lowest BCUT2D eigenvalue weighted by Crippen LogP contribution is -2.39. The number of carbonyl (C=O) groups is 1. The molecule has 3 aromatic rings. The number of aryl methyl sites for hydroxylation is 1. The Morgan fingerprint density at radius 3 is 3.00 bits per heavy atom. The zero-order valence-electron chi connectivity index (χ0n) is 12.0. The number of nitrogens with one attached hydrogen (secondary N) is 1. The molecule has 0 saturated carbocycles. The Balaban J connectivity index is 1.70. The summed E-state index contributed by atoms with van der Waals surface area (Å²) in [5, 5.41) is 2.86. The number of aromatic nitrogens is 3. The number of aromatic amines is 1. The Kier molecular flexibility index (Phi) is 2.90. The highest BCUT2D eigenvalue weighted by Crippen LogP contribution is 2.21. The number of hydrogen-bond acceptors (Lipinski definition) is 4. The van der Waals surface area contributed by atoms with Crippen molar-refractivity contribution in [3.8, 4) is 0 Å². The quantitative estimate of drug-likeness (QED) is 0.741. The second kappa shape index (κ2) is 4.81. The second-order valence-corrected chi connectivity index (χ2v) is 6.67. The molecule has 22 heavy (non-hydrogen) atoms. The fraction of sp³-hybridized carbons (Fsp3) is 0.267. The van der Waals surface area contributed by atoms with E-state index in [1.807, 2.05) is 19.1 Å². The van der Waals surface area contributed by atoms with Crippen molar-refractivity contribution in [2.24, 2.45) is 0 Å². The Hall–Kier alpha value is -2.41. The van der Waals surface area contributed by atoms with Crippen LogP contribution in [0.15, 0.2) is 29.2 Å². The van der Waals surface area contributed by atoms with E-state index >= 15 is 0 Å². The van der Waals surface area contributed by atoms with Gasteiger partial charge in [-0.2, -0.15) is 0 Å². The Bertz CT molecular complexity index is 937. The van der Waals surface area contributed by atoms with Crippen LogP contribution in [-0.4, -0.2) is 31.9 Å². The molecule has 7 heteroatoms. The highest BCUT2D eigenvalue weighted by molar-refractivity contribution is 7.13. The number of thiophene rings is 1. The zero-order valence-corrected chi connectivity index (χ0v) is 12.8. The maximum absolute atomic E-state index is 12.5. The van der Waals surface area contributed by atoms with Gasteiger partial charge in [-0.1, -0.05) is 0 Å². The fourth-order valence-electron chi connectivity index (χ4n) is 2.81. The molecule has 0 bridgehead atoms. The summed E-state index contributed by atoms with van der Waals surface area (Å²) < 4.78 is 1.44.